The van der Waals surface area contributed by atoms with E-state index in [1.165, 1.54) is 12.1 Å². The molecule has 0 radical (unpaired) electrons. The van der Waals surface area contributed by atoms with E-state index in [9.17, 15) is 14.7 Å². The molecular weight excluding hydrogens is 328 g/mol. The number of phenolic OH excluding ortho intramolecular Hbond substituents is 1. The van der Waals surface area contributed by atoms with E-state index in [0.717, 1.165) is 11.3 Å². The first-order valence-corrected chi connectivity index (χ1v) is 8.29. The van der Waals surface area contributed by atoms with Crippen molar-refractivity contribution in [1.29, 1.82) is 0 Å². The van der Waals surface area contributed by atoms with Gasteiger partial charge >= 0.3 is 0 Å². The summed E-state index contributed by atoms with van der Waals surface area (Å²) in [5.41, 5.74) is 3.62. The molecule has 5 nitrogen and oxygen atoms in total. The smallest absolute Gasteiger partial charge is 0.230 e. The van der Waals surface area contributed by atoms with Gasteiger partial charge in [-0.05, 0) is 43.3 Å². The minimum Gasteiger partial charge on any atom is -0.508 e. The SMILES string of the molecule is Cc1ccc(C(=O)c2ccc(CC(=O)Nc3ccc(O)cc3)n2C)cc1. The van der Waals surface area contributed by atoms with Crippen LogP contribution in [0.25, 0.3) is 0 Å². The van der Waals surface area contributed by atoms with Crippen LogP contribution in [0.2, 0.25) is 0 Å². The van der Waals surface area contributed by atoms with Crippen LogP contribution in [0.1, 0.15) is 27.3 Å². The van der Waals surface area contributed by atoms with Crippen molar-refractivity contribution in [2.75, 3.05) is 5.32 Å². The van der Waals surface area contributed by atoms with E-state index in [1.807, 2.05) is 31.2 Å². The average molecular weight is 348 g/mol. The average Bonchev–Trinajstić information content (AvgIpc) is 2.97. The number of aryl methyl sites for hydroxylation is 1. The lowest BCUT2D eigenvalue weighted by Gasteiger charge is -2.09. The molecule has 0 aliphatic heterocycles. The maximum Gasteiger partial charge on any atom is 0.230 e. The zero-order chi connectivity index (χ0) is 18.7. The van der Waals surface area contributed by atoms with Gasteiger partial charge < -0.3 is 15.0 Å². The standard InChI is InChI=1S/C21H20N2O3/c1-14-3-5-15(6-4-14)21(26)19-12-9-17(23(19)2)13-20(25)22-16-7-10-18(24)11-8-16/h3-12,24H,13H2,1-2H3,(H,22,25). The number of aromatic hydroxyl groups is 1. The van der Waals surface area contributed by atoms with Crippen LogP contribution in [-0.4, -0.2) is 21.4 Å². The van der Waals surface area contributed by atoms with Crippen molar-refractivity contribution in [1.82, 2.24) is 4.57 Å². The number of anilines is 1. The Kier molecular flexibility index (Phi) is 4.89. The molecule has 5 heteroatoms. The predicted molar refractivity (Wildman–Crippen MR) is 100 cm³/mol. The van der Waals surface area contributed by atoms with Crippen molar-refractivity contribution in [3.8, 4) is 5.75 Å². The molecule has 0 spiro atoms. The van der Waals surface area contributed by atoms with Gasteiger partial charge in [0.25, 0.3) is 0 Å². The van der Waals surface area contributed by atoms with Crippen LogP contribution in [0.15, 0.2) is 60.7 Å². The number of phenols is 1. The Bertz CT molecular complexity index is 938. The molecule has 3 rings (SSSR count). The van der Waals surface area contributed by atoms with Crippen LogP contribution >= 0.6 is 0 Å². The van der Waals surface area contributed by atoms with Crippen molar-refractivity contribution in [2.24, 2.45) is 7.05 Å². The molecule has 0 atom stereocenters. The highest BCUT2D eigenvalue weighted by Gasteiger charge is 2.16. The summed E-state index contributed by atoms with van der Waals surface area (Å²) in [5, 5.41) is 12.1. The molecule has 0 fully saturated rings. The van der Waals surface area contributed by atoms with Gasteiger partial charge in [-0.3, -0.25) is 9.59 Å². The molecule has 2 N–H and O–H groups in total. The Morgan fingerprint density at radius 3 is 2.27 bits per heavy atom. The number of aromatic nitrogens is 1. The third kappa shape index (κ3) is 3.83. The van der Waals surface area contributed by atoms with Gasteiger partial charge in [0.2, 0.25) is 11.7 Å². The van der Waals surface area contributed by atoms with Gasteiger partial charge in [0.1, 0.15) is 5.75 Å². The van der Waals surface area contributed by atoms with Crippen LogP contribution in [0.5, 0.6) is 5.75 Å². The summed E-state index contributed by atoms with van der Waals surface area (Å²) in [6.07, 6.45) is 0.151. The quantitative estimate of drug-likeness (QED) is 0.548. The third-order valence-corrected chi connectivity index (χ3v) is 4.26. The van der Waals surface area contributed by atoms with Crippen molar-refractivity contribution in [3.63, 3.8) is 0 Å². The first kappa shape index (κ1) is 17.5. The maximum atomic E-state index is 12.7. The number of rotatable bonds is 5. The normalized spacial score (nSPS) is 10.5. The molecular formula is C21H20N2O3. The number of ketones is 1. The van der Waals surface area contributed by atoms with Gasteiger partial charge in [-0.25, -0.2) is 0 Å². The first-order chi connectivity index (χ1) is 12.4. The second kappa shape index (κ2) is 7.27. The van der Waals surface area contributed by atoms with E-state index in [1.54, 1.807) is 35.9 Å². The number of carbonyl (C=O) groups excluding carboxylic acids is 2. The molecule has 1 aromatic heterocycles. The summed E-state index contributed by atoms with van der Waals surface area (Å²) in [6, 6.07) is 17.2. The molecule has 0 bridgehead atoms. The summed E-state index contributed by atoms with van der Waals surface area (Å²) in [7, 11) is 1.78. The maximum absolute atomic E-state index is 12.7. The Labute approximate surface area is 151 Å². The number of nitrogens with zero attached hydrogens (tertiary/aromatic N) is 1. The van der Waals surface area contributed by atoms with E-state index in [4.69, 9.17) is 0 Å². The first-order valence-electron chi connectivity index (χ1n) is 8.29. The van der Waals surface area contributed by atoms with Crippen molar-refractivity contribution in [2.45, 2.75) is 13.3 Å². The van der Waals surface area contributed by atoms with E-state index in [0.29, 0.717) is 16.9 Å². The molecule has 0 aliphatic carbocycles. The Morgan fingerprint density at radius 2 is 1.62 bits per heavy atom. The summed E-state index contributed by atoms with van der Waals surface area (Å²) in [5.74, 6) is -0.117. The molecule has 3 aromatic rings. The topological polar surface area (TPSA) is 71.3 Å². The molecule has 0 aliphatic rings. The van der Waals surface area contributed by atoms with Crippen molar-refractivity contribution >= 4 is 17.4 Å². The number of carbonyl (C=O) groups is 2. The van der Waals surface area contributed by atoms with E-state index in [-0.39, 0.29) is 23.9 Å². The molecule has 0 unspecified atom stereocenters. The molecule has 1 heterocycles. The predicted octanol–water partition coefficient (Wildman–Crippen LogP) is 3.45. The summed E-state index contributed by atoms with van der Waals surface area (Å²) in [4.78, 5) is 24.9. The fraction of sp³-hybridized carbons (Fsp3) is 0.143. The van der Waals surface area contributed by atoms with Gasteiger partial charge in [0, 0.05) is 24.0 Å². The number of hydrogen-bond donors (Lipinski definition) is 2. The molecule has 0 saturated heterocycles. The highest BCUT2D eigenvalue weighted by atomic mass is 16.3. The molecule has 0 saturated carbocycles. The highest BCUT2D eigenvalue weighted by Crippen LogP contribution is 2.16. The van der Waals surface area contributed by atoms with E-state index >= 15 is 0 Å². The lowest BCUT2D eigenvalue weighted by atomic mass is 10.1. The minimum atomic E-state index is -0.189. The minimum absolute atomic E-state index is 0.0716. The fourth-order valence-electron chi connectivity index (χ4n) is 2.73. The number of amides is 1. The van der Waals surface area contributed by atoms with Gasteiger partial charge in [-0.15, -0.1) is 0 Å². The Morgan fingerprint density at radius 1 is 0.962 bits per heavy atom. The highest BCUT2D eigenvalue weighted by molar-refractivity contribution is 6.08. The van der Waals surface area contributed by atoms with E-state index < -0.39 is 0 Å². The van der Waals surface area contributed by atoms with Crippen LogP contribution in [0.4, 0.5) is 5.69 Å². The second-order valence-corrected chi connectivity index (χ2v) is 6.24. The zero-order valence-electron chi connectivity index (χ0n) is 14.7. The molecule has 1 amide bonds. The lowest BCUT2D eigenvalue weighted by Crippen LogP contribution is -2.17. The van der Waals surface area contributed by atoms with Crippen LogP contribution in [-0.2, 0) is 18.3 Å². The fourth-order valence-corrected chi connectivity index (χ4v) is 2.73. The number of nitrogens with one attached hydrogen (secondary N) is 1. The van der Waals surface area contributed by atoms with Gasteiger partial charge in [0.15, 0.2) is 0 Å². The number of benzene rings is 2. The number of hydrogen-bond acceptors (Lipinski definition) is 3. The van der Waals surface area contributed by atoms with Crippen LogP contribution in [0, 0.1) is 6.92 Å². The molecule has 2 aromatic carbocycles. The van der Waals surface area contributed by atoms with Crippen LogP contribution < -0.4 is 5.32 Å². The largest absolute Gasteiger partial charge is 0.508 e. The second-order valence-electron chi connectivity index (χ2n) is 6.24. The van der Waals surface area contributed by atoms with Crippen LogP contribution in [0.3, 0.4) is 0 Å². The Balaban J connectivity index is 1.72. The van der Waals surface area contributed by atoms with Crippen molar-refractivity contribution in [3.05, 3.63) is 83.2 Å². The lowest BCUT2D eigenvalue weighted by molar-refractivity contribution is -0.115. The van der Waals surface area contributed by atoms with Crippen molar-refractivity contribution < 1.29 is 14.7 Å². The molecule has 132 valence electrons. The van der Waals surface area contributed by atoms with Gasteiger partial charge in [0.05, 0.1) is 12.1 Å². The Hall–Kier alpha value is -3.34. The monoisotopic (exact) mass is 348 g/mol. The van der Waals surface area contributed by atoms with Gasteiger partial charge in [-0.2, -0.15) is 0 Å². The van der Waals surface area contributed by atoms with Gasteiger partial charge in [-0.1, -0.05) is 29.8 Å². The van der Waals surface area contributed by atoms with E-state index in [2.05, 4.69) is 5.32 Å². The summed E-state index contributed by atoms with van der Waals surface area (Å²) >= 11 is 0. The summed E-state index contributed by atoms with van der Waals surface area (Å²) < 4.78 is 1.75. The molecule has 26 heavy (non-hydrogen) atoms. The third-order valence-electron chi connectivity index (χ3n) is 4.26. The summed E-state index contributed by atoms with van der Waals surface area (Å²) in [6.45, 7) is 1.97. The zero-order valence-corrected chi connectivity index (χ0v) is 14.7.